The molecule has 0 saturated carbocycles. The molecule has 0 fully saturated rings. The molecule has 1 aromatic rings. The molecule has 0 amide bonds. The second-order valence-corrected chi connectivity index (χ2v) is 4.60. The van der Waals surface area contributed by atoms with Crippen LogP contribution in [-0.2, 0) is 9.59 Å². The standard InChI is InChI=1S/C12H6Cl3NO2/c13-7-8(14)12(18)10(9(15)11(7)17)16-6-4-2-1-3-5-6/h1-5,16H. The zero-order valence-corrected chi connectivity index (χ0v) is 11.1. The van der Waals surface area contributed by atoms with Crippen LogP contribution in [0.25, 0.3) is 0 Å². The van der Waals surface area contributed by atoms with E-state index in [1.54, 1.807) is 24.3 Å². The average molecular weight is 303 g/mol. The number of ketones is 2. The van der Waals surface area contributed by atoms with E-state index in [4.69, 9.17) is 34.8 Å². The molecule has 6 heteroatoms. The van der Waals surface area contributed by atoms with E-state index in [2.05, 4.69) is 5.32 Å². The molecule has 0 bridgehead atoms. The Bertz CT molecular complexity index is 591. The normalized spacial score (nSPS) is 16.4. The monoisotopic (exact) mass is 301 g/mol. The van der Waals surface area contributed by atoms with Crippen LogP contribution in [0.2, 0.25) is 0 Å². The fourth-order valence-electron chi connectivity index (χ4n) is 1.40. The van der Waals surface area contributed by atoms with Crippen LogP contribution in [-0.4, -0.2) is 11.6 Å². The van der Waals surface area contributed by atoms with Gasteiger partial charge in [-0.1, -0.05) is 53.0 Å². The highest BCUT2D eigenvalue weighted by molar-refractivity contribution is 6.64. The molecule has 1 aromatic carbocycles. The highest BCUT2D eigenvalue weighted by Gasteiger charge is 2.32. The van der Waals surface area contributed by atoms with Crippen molar-refractivity contribution in [3.63, 3.8) is 0 Å². The lowest BCUT2D eigenvalue weighted by Crippen LogP contribution is -2.22. The SMILES string of the molecule is O=C1C(Cl)=C(Cl)C(=O)C(Nc2ccccc2)=C1Cl. The van der Waals surface area contributed by atoms with Gasteiger partial charge in [0, 0.05) is 5.69 Å². The van der Waals surface area contributed by atoms with E-state index in [-0.39, 0.29) is 20.8 Å². The van der Waals surface area contributed by atoms with Crippen molar-refractivity contribution in [2.24, 2.45) is 0 Å². The Hall–Kier alpha value is -1.29. The van der Waals surface area contributed by atoms with Crippen LogP contribution in [0, 0.1) is 0 Å². The molecule has 0 atom stereocenters. The van der Waals surface area contributed by atoms with Gasteiger partial charge in [0.1, 0.15) is 20.8 Å². The molecule has 0 heterocycles. The molecule has 1 aliphatic carbocycles. The van der Waals surface area contributed by atoms with Crippen molar-refractivity contribution in [1.82, 2.24) is 0 Å². The van der Waals surface area contributed by atoms with Crippen molar-refractivity contribution in [2.45, 2.75) is 0 Å². The van der Waals surface area contributed by atoms with E-state index in [1.165, 1.54) is 0 Å². The maximum absolute atomic E-state index is 11.9. The number of nitrogens with one attached hydrogen (secondary N) is 1. The summed E-state index contributed by atoms with van der Waals surface area (Å²) in [5.74, 6) is -1.27. The third-order valence-electron chi connectivity index (χ3n) is 2.28. The summed E-state index contributed by atoms with van der Waals surface area (Å²) in [6.45, 7) is 0. The molecule has 18 heavy (non-hydrogen) atoms. The third kappa shape index (κ3) is 2.29. The molecule has 0 unspecified atom stereocenters. The van der Waals surface area contributed by atoms with Crippen LogP contribution in [0.3, 0.4) is 0 Å². The Labute approximate surface area is 118 Å². The van der Waals surface area contributed by atoms with E-state index >= 15 is 0 Å². The van der Waals surface area contributed by atoms with Crippen molar-refractivity contribution < 1.29 is 9.59 Å². The predicted molar refractivity (Wildman–Crippen MR) is 71.7 cm³/mol. The summed E-state index contributed by atoms with van der Waals surface area (Å²) in [7, 11) is 0. The summed E-state index contributed by atoms with van der Waals surface area (Å²) in [5.41, 5.74) is 0.552. The molecule has 0 spiro atoms. The number of anilines is 1. The van der Waals surface area contributed by atoms with E-state index in [1.807, 2.05) is 6.07 Å². The number of halogens is 3. The van der Waals surface area contributed by atoms with Crippen LogP contribution in [0.1, 0.15) is 0 Å². The summed E-state index contributed by atoms with van der Waals surface area (Å²) < 4.78 is 0. The molecule has 0 aliphatic heterocycles. The molecule has 3 nitrogen and oxygen atoms in total. The molecular formula is C12H6Cl3NO2. The van der Waals surface area contributed by atoms with Gasteiger partial charge < -0.3 is 5.32 Å². The molecule has 1 aliphatic rings. The summed E-state index contributed by atoms with van der Waals surface area (Å²) >= 11 is 17.1. The molecule has 0 aromatic heterocycles. The van der Waals surface area contributed by atoms with Gasteiger partial charge in [0.25, 0.3) is 0 Å². The number of carbonyl (C=O) groups is 2. The summed E-state index contributed by atoms with van der Waals surface area (Å²) in [4.78, 5) is 23.5. The minimum Gasteiger partial charge on any atom is -0.351 e. The van der Waals surface area contributed by atoms with Crippen LogP contribution < -0.4 is 5.32 Å². The number of carbonyl (C=O) groups excluding carboxylic acids is 2. The van der Waals surface area contributed by atoms with Gasteiger partial charge in [-0.05, 0) is 12.1 Å². The molecule has 0 saturated heterocycles. The van der Waals surface area contributed by atoms with E-state index in [9.17, 15) is 9.59 Å². The van der Waals surface area contributed by atoms with Crippen LogP contribution in [0.5, 0.6) is 0 Å². The average Bonchev–Trinajstić information content (AvgIpc) is 2.40. The minimum atomic E-state index is -0.665. The topological polar surface area (TPSA) is 46.2 Å². The van der Waals surface area contributed by atoms with Crippen LogP contribution in [0.4, 0.5) is 5.69 Å². The summed E-state index contributed by atoms with van der Waals surface area (Å²) in [6, 6.07) is 8.82. The Morgan fingerprint density at radius 2 is 1.33 bits per heavy atom. The first kappa shape index (κ1) is 13.1. The molecule has 2 rings (SSSR count). The Morgan fingerprint density at radius 3 is 1.94 bits per heavy atom. The Balaban J connectivity index is 2.39. The maximum Gasteiger partial charge on any atom is 0.223 e. The van der Waals surface area contributed by atoms with Gasteiger partial charge in [-0.3, -0.25) is 9.59 Å². The Kier molecular flexibility index (Phi) is 3.76. The van der Waals surface area contributed by atoms with Gasteiger partial charge in [-0.2, -0.15) is 0 Å². The van der Waals surface area contributed by atoms with Crippen LogP contribution in [0.15, 0.2) is 51.1 Å². The van der Waals surface area contributed by atoms with Gasteiger partial charge in [-0.25, -0.2) is 0 Å². The zero-order valence-electron chi connectivity index (χ0n) is 8.84. The smallest absolute Gasteiger partial charge is 0.223 e. The fraction of sp³-hybridized carbons (Fsp3) is 0. The fourth-order valence-corrected chi connectivity index (χ4v) is 2.03. The number of hydrogen-bond acceptors (Lipinski definition) is 3. The predicted octanol–water partition coefficient (Wildman–Crippen LogP) is 3.39. The molecule has 1 N–H and O–H groups in total. The second-order valence-electron chi connectivity index (χ2n) is 3.47. The van der Waals surface area contributed by atoms with Crippen molar-refractivity contribution in [2.75, 3.05) is 5.32 Å². The molecule has 0 radical (unpaired) electrons. The molecular weight excluding hydrogens is 296 g/mol. The first-order chi connectivity index (χ1) is 8.52. The van der Waals surface area contributed by atoms with Gasteiger partial charge >= 0.3 is 0 Å². The lowest BCUT2D eigenvalue weighted by atomic mass is 10.1. The minimum absolute atomic E-state index is 0.0673. The number of para-hydroxylation sites is 1. The quantitative estimate of drug-likeness (QED) is 0.852. The van der Waals surface area contributed by atoms with Crippen molar-refractivity contribution in [3.05, 3.63) is 51.1 Å². The van der Waals surface area contributed by atoms with Gasteiger partial charge in [-0.15, -0.1) is 0 Å². The van der Waals surface area contributed by atoms with Crippen LogP contribution >= 0.6 is 34.8 Å². The van der Waals surface area contributed by atoms with Crippen molar-refractivity contribution in [3.8, 4) is 0 Å². The van der Waals surface area contributed by atoms with Gasteiger partial charge in [0.15, 0.2) is 0 Å². The lowest BCUT2D eigenvalue weighted by Gasteiger charge is -2.16. The highest BCUT2D eigenvalue weighted by Crippen LogP contribution is 2.31. The number of hydrogen-bond donors (Lipinski definition) is 1. The second kappa shape index (κ2) is 5.14. The van der Waals surface area contributed by atoms with Crippen molar-refractivity contribution in [1.29, 1.82) is 0 Å². The Morgan fingerprint density at radius 1 is 0.778 bits per heavy atom. The van der Waals surface area contributed by atoms with Gasteiger partial charge in [0.05, 0.1) is 0 Å². The number of Topliss-reactive ketones (excluding diaryl/α,β-unsaturated/α-hetero) is 2. The zero-order chi connectivity index (χ0) is 13.3. The van der Waals surface area contributed by atoms with E-state index < -0.39 is 11.6 Å². The number of allylic oxidation sites excluding steroid dienone is 3. The summed E-state index contributed by atoms with van der Waals surface area (Å²) in [6.07, 6.45) is 0. The van der Waals surface area contributed by atoms with E-state index in [0.717, 1.165) is 0 Å². The van der Waals surface area contributed by atoms with Gasteiger partial charge in [0.2, 0.25) is 11.6 Å². The molecule has 92 valence electrons. The van der Waals surface area contributed by atoms with E-state index in [0.29, 0.717) is 5.69 Å². The summed E-state index contributed by atoms with van der Waals surface area (Å²) in [5, 5.41) is 1.81. The number of rotatable bonds is 2. The first-order valence-corrected chi connectivity index (χ1v) is 6.02. The lowest BCUT2D eigenvalue weighted by molar-refractivity contribution is -0.115. The first-order valence-electron chi connectivity index (χ1n) is 4.89. The van der Waals surface area contributed by atoms with Crippen molar-refractivity contribution >= 4 is 52.1 Å². The largest absolute Gasteiger partial charge is 0.351 e. The maximum atomic E-state index is 11.9. The third-order valence-corrected chi connectivity index (χ3v) is 3.46. The number of benzene rings is 1. The highest BCUT2D eigenvalue weighted by atomic mass is 35.5.